The van der Waals surface area contributed by atoms with Crippen LogP contribution in [0.15, 0.2) is 319 Å². The van der Waals surface area contributed by atoms with Crippen molar-refractivity contribution < 1.29 is 4.42 Å². The number of aromatic nitrogens is 1. The summed E-state index contributed by atoms with van der Waals surface area (Å²) in [6, 6.07) is 108. The van der Waals surface area contributed by atoms with Gasteiger partial charge in [-0.25, -0.2) is 0 Å². The normalized spacial score (nSPS) is 15.9. The molecule has 0 saturated carbocycles. The van der Waals surface area contributed by atoms with Gasteiger partial charge in [-0.05, 0) is 174 Å². The van der Waals surface area contributed by atoms with Crippen molar-refractivity contribution in [3.63, 3.8) is 0 Å². The van der Waals surface area contributed by atoms with E-state index in [0.29, 0.717) is 0 Å². The Bertz CT molecular complexity index is 6430. The summed E-state index contributed by atoms with van der Waals surface area (Å²) in [5.41, 5.74) is 16.5. The molecule has 2 atom stereocenters. The number of furan rings is 1. The summed E-state index contributed by atoms with van der Waals surface area (Å²) in [5.74, 6) is 0.717. The minimum atomic E-state index is -0.174. The van der Waals surface area contributed by atoms with Crippen LogP contribution in [0.4, 0.5) is 22.7 Å². The molecule has 0 fully saturated rings. The molecule has 4 heterocycles. The molecule has 0 N–H and O–H groups in total. The number of fused-ring (bicyclic) bond motifs is 28. The van der Waals surface area contributed by atoms with Crippen molar-refractivity contribution in [2.75, 3.05) is 9.80 Å². The number of rotatable bonds is 4. The molecule has 4 nitrogen and oxygen atoms in total. The van der Waals surface area contributed by atoms with Crippen molar-refractivity contribution in [3.8, 4) is 5.69 Å². The quantitative estimate of drug-likeness (QED) is 0.130. The van der Waals surface area contributed by atoms with Crippen LogP contribution >= 0.6 is 0 Å². The van der Waals surface area contributed by atoms with Gasteiger partial charge in [-0.1, -0.05) is 243 Å². The van der Waals surface area contributed by atoms with Crippen LogP contribution in [0.2, 0.25) is 0 Å². The third-order valence-corrected chi connectivity index (χ3v) is 21.6. The number of hydrogen-bond donors (Lipinski definition) is 0. The van der Waals surface area contributed by atoms with Gasteiger partial charge in [0.2, 0.25) is 0 Å². The Morgan fingerprint density at radius 3 is 1.22 bits per heavy atom. The Morgan fingerprint density at radius 2 is 0.699 bits per heavy atom. The molecular weight excluding hydrogens is 1130 g/mol. The molecule has 2 aliphatic carbocycles. The minimum Gasteiger partial charge on any atom is -0.460 e. The molecule has 0 bridgehead atoms. The maximum absolute atomic E-state index is 7.21. The van der Waals surface area contributed by atoms with E-state index in [9.17, 15) is 0 Å². The molecule has 2 aromatic heterocycles. The summed E-state index contributed by atoms with van der Waals surface area (Å²) < 4.78 is 9.70. The molecule has 18 aromatic rings. The van der Waals surface area contributed by atoms with Crippen LogP contribution in [-0.4, -0.2) is 11.3 Å². The first kappa shape index (κ1) is 49.9. The molecule has 0 spiro atoms. The second-order valence-corrected chi connectivity index (χ2v) is 26.0. The van der Waals surface area contributed by atoms with Gasteiger partial charge in [0.05, 0.1) is 11.0 Å². The monoisotopic (exact) mass is 1180 g/mol. The van der Waals surface area contributed by atoms with Crippen LogP contribution in [0.5, 0.6) is 0 Å². The Kier molecular flexibility index (Phi) is 9.86. The molecule has 0 saturated heterocycles. The maximum atomic E-state index is 7.21. The molecule has 16 aromatic carbocycles. The molecule has 0 amide bonds. The predicted octanol–water partition coefficient (Wildman–Crippen LogP) is 21.9. The van der Waals surface area contributed by atoms with Gasteiger partial charge in [0.1, 0.15) is 11.3 Å². The molecule has 22 rings (SSSR count). The lowest BCUT2D eigenvalue weighted by atomic mass is 9.32. The summed E-state index contributed by atoms with van der Waals surface area (Å²) in [6.07, 6.45) is 7.44. The highest BCUT2D eigenvalue weighted by Crippen LogP contribution is 2.57. The Labute approximate surface area is 534 Å². The molecule has 428 valence electrons. The highest BCUT2D eigenvalue weighted by Gasteiger charge is 2.52. The van der Waals surface area contributed by atoms with Crippen LogP contribution in [-0.2, 0) is 0 Å². The van der Waals surface area contributed by atoms with E-state index in [1.807, 2.05) is 0 Å². The molecule has 2 aliphatic heterocycles. The Hall–Kier alpha value is -11.9. The zero-order valence-electron chi connectivity index (χ0n) is 50.3. The van der Waals surface area contributed by atoms with Gasteiger partial charge in [0.15, 0.2) is 0 Å². The van der Waals surface area contributed by atoms with Crippen molar-refractivity contribution in [2.45, 2.75) is 5.92 Å². The summed E-state index contributed by atoms with van der Waals surface area (Å²) in [4.78, 5) is 5.37. The lowest BCUT2D eigenvalue weighted by Gasteiger charge is -2.44. The lowest BCUT2D eigenvalue weighted by Crippen LogP contribution is -2.55. The first-order valence-electron chi connectivity index (χ1n) is 32.6. The van der Waals surface area contributed by atoms with Gasteiger partial charge >= 0.3 is 0 Å². The number of anilines is 4. The second-order valence-electron chi connectivity index (χ2n) is 26.0. The van der Waals surface area contributed by atoms with Gasteiger partial charge < -0.3 is 18.8 Å². The van der Waals surface area contributed by atoms with Crippen LogP contribution in [0.1, 0.15) is 17.2 Å². The summed E-state index contributed by atoms with van der Waals surface area (Å²) in [7, 11) is 0. The smallest absolute Gasteiger partial charge is 0.251 e. The minimum absolute atomic E-state index is 0.127. The fraction of sp³-hybridized carbons (Fsp3) is 0.0227. The predicted molar refractivity (Wildman–Crippen MR) is 394 cm³/mol. The van der Waals surface area contributed by atoms with E-state index < -0.39 is 0 Å². The molecule has 0 radical (unpaired) electrons. The highest BCUT2D eigenvalue weighted by atomic mass is 16.3. The van der Waals surface area contributed by atoms with Crippen molar-refractivity contribution in [1.29, 1.82) is 0 Å². The Morgan fingerprint density at radius 1 is 0.301 bits per heavy atom. The average molecular weight is 1180 g/mol. The molecule has 4 aliphatic rings. The van der Waals surface area contributed by atoms with Gasteiger partial charge in [0, 0.05) is 73.4 Å². The van der Waals surface area contributed by atoms with E-state index in [1.54, 1.807) is 0 Å². The first-order chi connectivity index (χ1) is 46.2. The van der Waals surface area contributed by atoms with Crippen LogP contribution in [0.3, 0.4) is 0 Å². The van der Waals surface area contributed by atoms with Crippen LogP contribution in [0.25, 0.3) is 141 Å². The summed E-state index contributed by atoms with van der Waals surface area (Å²) in [5, 5.41) is 26.2. The number of hydrogen-bond acceptors (Lipinski definition) is 3. The SMILES string of the molecule is C1=CC(C2C=C3C4=C2N(c2ccc5c6ccccc6c6ccccc6c5c2)c2cc5c6ccccc6c6ccccc6c5cc2B4c2ccc(-n4c5ccccc5c5ccccc54)cc2N3c2ccc3c4ccccc4c4ccccc4c3c2)c2oc3ccccc3c21. The lowest BCUT2D eigenvalue weighted by molar-refractivity contribution is 0.495. The fourth-order valence-electron chi connectivity index (χ4n) is 17.8. The first-order valence-corrected chi connectivity index (χ1v) is 32.6. The number of para-hydroxylation sites is 3. The Balaban J connectivity index is 0.899. The van der Waals surface area contributed by atoms with Crippen molar-refractivity contribution in [1.82, 2.24) is 4.57 Å². The van der Waals surface area contributed by atoms with Gasteiger partial charge in [-0.15, -0.1) is 0 Å². The maximum Gasteiger partial charge on any atom is 0.251 e. The van der Waals surface area contributed by atoms with E-state index in [1.165, 1.54) is 158 Å². The van der Waals surface area contributed by atoms with Crippen molar-refractivity contribution in [3.05, 3.63) is 325 Å². The molecule has 2 unspecified atom stereocenters. The number of nitrogens with zero attached hydrogens (tertiary/aromatic N) is 3. The number of benzene rings is 16. The third kappa shape index (κ3) is 6.64. The average Bonchev–Trinajstić information content (AvgIpc) is 1.67. The van der Waals surface area contributed by atoms with E-state index in [0.717, 1.165) is 39.5 Å². The molecule has 5 heteroatoms. The third-order valence-electron chi connectivity index (χ3n) is 21.6. The van der Waals surface area contributed by atoms with Gasteiger partial charge in [0.25, 0.3) is 6.71 Å². The fourth-order valence-corrected chi connectivity index (χ4v) is 17.8. The second kappa shape index (κ2) is 18.4. The van der Waals surface area contributed by atoms with Crippen LogP contribution < -0.4 is 20.7 Å². The standard InChI is InChI=1S/C88H52BN3O/c1-3-25-60-54(19-1)56-21-5-9-27-62(56)73-45-51(37-40-66(60)73)91-82-47-53(90-80-34-16-13-31-68(80)69-32-14-17-35-81(69)90)39-44-78(82)89-79-48-75-64-29-11-7-23-58(64)59-24-8-12-30-65(59)76(75)49-83(79)92(52-38-41-67-61-26-4-2-20-55(61)57-22-6-10-28-63(57)74(67)46-52)87-77(50-84(91)86(87)89)72-43-42-71-70-33-15-18-36-85(70)93-88(71)72/h1-50,72,77H. The highest BCUT2D eigenvalue weighted by molar-refractivity contribution is 6.95. The van der Waals surface area contributed by atoms with Crippen molar-refractivity contribution in [2.24, 2.45) is 5.92 Å². The van der Waals surface area contributed by atoms with E-state index in [-0.39, 0.29) is 18.5 Å². The van der Waals surface area contributed by atoms with E-state index in [2.05, 4.69) is 318 Å². The van der Waals surface area contributed by atoms with Crippen LogP contribution in [0, 0.1) is 5.92 Å². The summed E-state index contributed by atoms with van der Waals surface area (Å²) in [6.45, 7) is -0.174. The molecular formula is C88H52BN3O. The summed E-state index contributed by atoms with van der Waals surface area (Å²) >= 11 is 0. The topological polar surface area (TPSA) is 24.6 Å². The number of allylic oxidation sites excluding steroid dienone is 3. The zero-order chi connectivity index (χ0) is 60.3. The van der Waals surface area contributed by atoms with E-state index in [4.69, 9.17) is 4.42 Å². The van der Waals surface area contributed by atoms with Gasteiger partial charge in [-0.2, -0.15) is 0 Å². The largest absolute Gasteiger partial charge is 0.460 e. The van der Waals surface area contributed by atoms with Crippen molar-refractivity contribution >= 4 is 176 Å². The van der Waals surface area contributed by atoms with E-state index >= 15 is 0 Å². The molecule has 93 heavy (non-hydrogen) atoms. The zero-order valence-corrected chi connectivity index (χ0v) is 50.3. The van der Waals surface area contributed by atoms with Gasteiger partial charge in [-0.3, -0.25) is 0 Å².